The summed E-state index contributed by atoms with van der Waals surface area (Å²) >= 11 is 5.55. The van der Waals surface area contributed by atoms with Crippen LogP contribution in [0.15, 0.2) is 0 Å². The van der Waals surface area contributed by atoms with Crippen LogP contribution in [-0.4, -0.2) is 19.0 Å². The molecule has 0 bridgehead atoms. The minimum Gasteiger partial charge on any atom is -0.316 e. The summed E-state index contributed by atoms with van der Waals surface area (Å²) in [5.74, 6) is 0.763. The highest BCUT2D eigenvalue weighted by Crippen LogP contribution is 2.17. The fraction of sp³-hybridized carbons (Fsp3) is 1.00. The van der Waals surface area contributed by atoms with Gasteiger partial charge in [0.05, 0.1) is 0 Å². The molecule has 0 aliphatic carbocycles. The van der Waals surface area contributed by atoms with Gasteiger partial charge >= 0.3 is 0 Å². The minimum atomic E-state index is 0.437. The average Bonchev–Trinajstić information content (AvgIpc) is 1.99. The molecule has 0 aromatic rings. The van der Waals surface area contributed by atoms with Crippen LogP contribution in [0.4, 0.5) is 0 Å². The van der Waals surface area contributed by atoms with Crippen LogP contribution in [0, 0.1) is 5.41 Å². The molecule has 0 radical (unpaired) electrons. The summed E-state index contributed by atoms with van der Waals surface area (Å²) in [6.45, 7) is 8.93. The lowest BCUT2D eigenvalue weighted by Gasteiger charge is -2.22. The zero-order valence-corrected chi connectivity index (χ0v) is 8.67. The fourth-order valence-electron chi connectivity index (χ4n) is 0.744. The standard InChI is InChI=1S/C9H20ClN/c1-4-9(2,3)8-11-7-5-6-10/h11H,4-8H2,1-3H3. The monoisotopic (exact) mass is 177 g/mol. The molecule has 0 amide bonds. The van der Waals surface area contributed by atoms with Gasteiger partial charge in [-0.15, -0.1) is 11.6 Å². The molecule has 0 heterocycles. The van der Waals surface area contributed by atoms with Crippen LogP contribution in [0.2, 0.25) is 0 Å². The van der Waals surface area contributed by atoms with E-state index in [9.17, 15) is 0 Å². The highest BCUT2D eigenvalue weighted by Gasteiger charge is 2.13. The van der Waals surface area contributed by atoms with E-state index in [1.54, 1.807) is 0 Å². The average molecular weight is 178 g/mol. The first-order valence-electron chi connectivity index (χ1n) is 4.39. The van der Waals surface area contributed by atoms with Crippen molar-refractivity contribution >= 4 is 11.6 Å². The Morgan fingerprint density at radius 3 is 2.45 bits per heavy atom. The van der Waals surface area contributed by atoms with Gasteiger partial charge in [-0.25, -0.2) is 0 Å². The highest BCUT2D eigenvalue weighted by atomic mass is 35.5. The Labute approximate surface area is 75.5 Å². The van der Waals surface area contributed by atoms with Crippen molar-refractivity contribution in [2.24, 2.45) is 5.41 Å². The van der Waals surface area contributed by atoms with Gasteiger partial charge < -0.3 is 5.32 Å². The van der Waals surface area contributed by atoms with E-state index in [1.807, 2.05) is 0 Å². The molecule has 0 saturated carbocycles. The fourth-order valence-corrected chi connectivity index (χ4v) is 0.877. The molecule has 0 rings (SSSR count). The number of nitrogens with one attached hydrogen (secondary N) is 1. The van der Waals surface area contributed by atoms with Crippen LogP contribution in [0.25, 0.3) is 0 Å². The van der Waals surface area contributed by atoms with Gasteiger partial charge in [0, 0.05) is 12.4 Å². The summed E-state index contributed by atoms with van der Waals surface area (Å²) in [5, 5.41) is 3.39. The summed E-state index contributed by atoms with van der Waals surface area (Å²) in [6.07, 6.45) is 2.29. The molecular formula is C9H20ClN. The Hall–Kier alpha value is 0.250. The molecule has 11 heavy (non-hydrogen) atoms. The lowest BCUT2D eigenvalue weighted by molar-refractivity contribution is 0.329. The Bertz CT molecular complexity index is 91.6. The predicted molar refractivity (Wildman–Crippen MR) is 52.3 cm³/mol. The van der Waals surface area contributed by atoms with Crippen LogP contribution in [-0.2, 0) is 0 Å². The summed E-state index contributed by atoms with van der Waals surface area (Å²) in [5.41, 5.74) is 0.437. The van der Waals surface area contributed by atoms with Gasteiger partial charge in [0.1, 0.15) is 0 Å². The zero-order valence-electron chi connectivity index (χ0n) is 7.91. The van der Waals surface area contributed by atoms with E-state index in [-0.39, 0.29) is 0 Å². The molecule has 0 aliphatic rings. The molecule has 0 atom stereocenters. The van der Waals surface area contributed by atoms with Crippen molar-refractivity contribution in [3.63, 3.8) is 0 Å². The van der Waals surface area contributed by atoms with Gasteiger partial charge in [-0.1, -0.05) is 20.8 Å². The van der Waals surface area contributed by atoms with Gasteiger partial charge in [-0.3, -0.25) is 0 Å². The lowest BCUT2D eigenvalue weighted by Crippen LogP contribution is -2.29. The second-order valence-electron chi connectivity index (χ2n) is 3.74. The summed E-state index contributed by atoms with van der Waals surface area (Å²) in [4.78, 5) is 0. The third-order valence-corrected chi connectivity index (χ3v) is 2.32. The van der Waals surface area contributed by atoms with Gasteiger partial charge in [0.15, 0.2) is 0 Å². The Balaban J connectivity index is 3.23. The normalized spacial score (nSPS) is 12.0. The second kappa shape index (κ2) is 5.84. The molecule has 0 aromatic heterocycles. The molecular weight excluding hydrogens is 158 g/mol. The van der Waals surface area contributed by atoms with Crippen molar-refractivity contribution in [3.05, 3.63) is 0 Å². The van der Waals surface area contributed by atoms with Gasteiger partial charge in [0.25, 0.3) is 0 Å². The van der Waals surface area contributed by atoms with Crippen LogP contribution >= 0.6 is 11.6 Å². The molecule has 1 N–H and O–H groups in total. The van der Waals surface area contributed by atoms with Crippen molar-refractivity contribution in [2.45, 2.75) is 33.6 Å². The lowest BCUT2D eigenvalue weighted by atomic mass is 9.90. The Morgan fingerprint density at radius 1 is 1.36 bits per heavy atom. The summed E-state index contributed by atoms with van der Waals surface area (Å²) in [6, 6.07) is 0. The SMILES string of the molecule is CCC(C)(C)CNCCCCl. The van der Waals surface area contributed by atoms with E-state index in [1.165, 1.54) is 6.42 Å². The highest BCUT2D eigenvalue weighted by molar-refractivity contribution is 6.17. The molecule has 68 valence electrons. The third-order valence-electron chi connectivity index (χ3n) is 2.05. The van der Waals surface area contributed by atoms with Gasteiger partial charge in [0.2, 0.25) is 0 Å². The van der Waals surface area contributed by atoms with Crippen LogP contribution in [0.3, 0.4) is 0 Å². The maximum Gasteiger partial charge on any atom is 0.0235 e. The molecule has 0 unspecified atom stereocenters. The Morgan fingerprint density at radius 2 is 2.00 bits per heavy atom. The molecule has 0 spiro atoms. The maximum absolute atomic E-state index is 5.55. The van der Waals surface area contributed by atoms with Gasteiger partial charge in [-0.05, 0) is 24.8 Å². The first kappa shape index (κ1) is 11.2. The zero-order chi connectivity index (χ0) is 8.74. The first-order valence-corrected chi connectivity index (χ1v) is 4.92. The van der Waals surface area contributed by atoms with Crippen molar-refractivity contribution in [1.82, 2.24) is 5.32 Å². The van der Waals surface area contributed by atoms with E-state index in [0.717, 1.165) is 25.4 Å². The topological polar surface area (TPSA) is 12.0 Å². The van der Waals surface area contributed by atoms with Crippen LogP contribution in [0.5, 0.6) is 0 Å². The van der Waals surface area contributed by atoms with Crippen molar-refractivity contribution in [1.29, 1.82) is 0 Å². The largest absolute Gasteiger partial charge is 0.316 e. The van der Waals surface area contributed by atoms with Crippen molar-refractivity contribution < 1.29 is 0 Å². The molecule has 0 saturated heterocycles. The van der Waals surface area contributed by atoms with E-state index >= 15 is 0 Å². The van der Waals surface area contributed by atoms with E-state index in [0.29, 0.717) is 5.41 Å². The van der Waals surface area contributed by atoms with Crippen molar-refractivity contribution in [2.75, 3.05) is 19.0 Å². The predicted octanol–water partition coefficient (Wildman–Crippen LogP) is 2.64. The third kappa shape index (κ3) is 6.64. The quantitative estimate of drug-likeness (QED) is 0.486. The summed E-state index contributed by atoms with van der Waals surface area (Å²) in [7, 11) is 0. The van der Waals surface area contributed by atoms with Crippen LogP contribution < -0.4 is 5.32 Å². The first-order chi connectivity index (χ1) is 5.12. The molecule has 0 aromatic carbocycles. The number of alkyl halides is 1. The van der Waals surface area contributed by atoms with Crippen molar-refractivity contribution in [3.8, 4) is 0 Å². The van der Waals surface area contributed by atoms with Gasteiger partial charge in [-0.2, -0.15) is 0 Å². The molecule has 2 heteroatoms. The number of hydrogen-bond acceptors (Lipinski definition) is 1. The second-order valence-corrected chi connectivity index (χ2v) is 4.12. The van der Waals surface area contributed by atoms with Crippen LogP contribution in [0.1, 0.15) is 33.6 Å². The molecule has 0 aliphatic heterocycles. The Kier molecular flexibility index (Phi) is 5.98. The smallest absolute Gasteiger partial charge is 0.0235 e. The minimum absolute atomic E-state index is 0.437. The number of halogens is 1. The molecule has 1 nitrogen and oxygen atoms in total. The van der Waals surface area contributed by atoms with E-state index in [2.05, 4.69) is 26.1 Å². The molecule has 0 fully saturated rings. The maximum atomic E-state index is 5.55. The summed E-state index contributed by atoms with van der Waals surface area (Å²) < 4.78 is 0. The van der Waals surface area contributed by atoms with E-state index < -0.39 is 0 Å². The van der Waals surface area contributed by atoms with E-state index in [4.69, 9.17) is 11.6 Å². The number of hydrogen-bond donors (Lipinski definition) is 1. The number of rotatable bonds is 6.